The summed E-state index contributed by atoms with van der Waals surface area (Å²) in [6.45, 7) is 1.99. The van der Waals surface area contributed by atoms with Gasteiger partial charge >= 0.3 is 5.97 Å². The van der Waals surface area contributed by atoms with Crippen LogP contribution in [0.15, 0.2) is 78.2 Å². The smallest absolute Gasteiger partial charge is 0.336 e. The molecule has 4 rings (SSSR count). The van der Waals surface area contributed by atoms with Gasteiger partial charge in [-0.25, -0.2) is 9.78 Å². The van der Waals surface area contributed by atoms with Crippen molar-refractivity contribution in [1.29, 1.82) is 0 Å². The van der Waals surface area contributed by atoms with Crippen LogP contribution < -0.4 is 0 Å². The topological polar surface area (TPSA) is 50.2 Å². The Morgan fingerprint density at radius 2 is 1.63 bits per heavy atom. The summed E-state index contributed by atoms with van der Waals surface area (Å²) in [7, 11) is 0. The molecule has 0 aliphatic carbocycles. The molecule has 0 radical (unpaired) electrons. The van der Waals surface area contributed by atoms with Crippen LogP contribution in [-0.4, -0.2) is 16.1 Å². The first-order valence-corrected chi connectivity index (χ1v) is 9.46. The van der Waals surface area contributed by atoms with Gasteiger partial charge < -0.3 is 5.11 Å². The van der Waals surface area contributed by atoms with Gasteiger partial charge in [-0.15, -0.1) is 11.3 Å². The number of carboxylic acid groups (broad SMARTS) is 1. The number of aromatic carboxylic acids is 1. The maximum absolute atomic E-state index is 11.9. The number of benzene rings is 3. The number of hydrogen-bond donors (Lipinski definition) is 1. The largest absolute Gasteiger partial charge is 0.478 e. The van der Waals surface area contributed by atoms with Crippen LogP contribution in [0.4, 0.5) is 0 Å². The lowest BCUT2D eigenvalue weighted by molar-refractivity contribution is 0.0698. The van der Waals surface area contributed by atoms with Crippen molar-refractivity contribution in [3.8, 4) is 33.0 Å². The van der Waals surface area contributed by atoms with E-state index in [0.717, 1.165) is 38.5 Å². The van der Waals surface area contributed by atoms with Crippen LogP contribution in [0.3, 0.4) is 0 Å². The highest BCUT2D eigenvalue weighted by Crippen LogP contribution is 2.33. The molecular weight excluding hydrogens is 354 g/mol. The fourth-order valence-corrected chi connectivity index (χ4v) is 3.94. The molecule has 0 aliphatic rings. The minimum atomic E-state index is -0.935. The molecule has 132 valence electrons. The van der Waals surface area contributed by atoms with Gasteiger partial charge in [-0.1, -0.05) is 66.7 Å². The molecule has 27 heavy (non-hydrogen) atoms. The molecule has 0 atom stereocenters. The predicted molar refractivity (Wildman–Crippen MR) is 110 cm³/mol. The van der Waals surface area contributed by atoms with E-state index in [-0.39, 0.29) is 0 Å². The number of aryl methyl sites for hydroxylation is 1. The third-order valence-electron chi connectivity index (χ3n) is 4.51. The maximum atomic E-state index is 11.9. The summed E-state index contributed by atoms with van der Waals surface area (Å²) in [6.07, 6.45) is 0. The van der Waals surface area contributed by atoms with Gasteiger partial charge in [-0.05, 0) is 29.7 Å². The number of nitrogens with zero attached hydrogens (tertiary/aromatic N) is 1. The van der Waals surface area contributed by atoms with Crippen molar-refractivity contribution < 1.29 is 9.90 Å². The van der Waals surface area contributed by atoms with Gasteiger partial charge in [-0.2, -0.15) is 0 Å². The van der Waals surface area contributed by atoms with Crippen LogP contribution in [0.2, 0.25) is 0 Å². The number of aromatic nitrogens is 1. The molecule has 4 aromatic rings. The van der Waals surface area contributed by atoms with Crippen molar-refractivity contribution >= 4 is 17.3 Å². The van der Waals surface area contributed by atoms with E-state index in [1.54, 1.807) is 6.07 Å². The zero-order chi connectivity index (χ0) is 18.8. The average molecular weight is 371 g/mol. The van der Waals surface area contributed by atoms with Crippen molar-refractivity contribution in [1.82, 2.24) is 4.98 Å². The Balaban J connectivity index is 1.78. The Morgan fingerprint density at radius 1 is 0.889 bits per heavy atom. The van der Waals surface area contributed by atoms with E-state index in [1.165, 1.54) is 11.3 Å². The molecule has 0 spiro atoms. The highest BCUT2D eigenvalue weighted by Gasteiger charge is 2.16. The number of thiazole rings is 1. The second-order valence-corrected chi connectivity index (χ2v) is 7.14. The predicted octanol–water partition coefficient (Wildman–Crippen LogP) is 6.15. The quantitative estimate of drug-likeness (QED) is 0.468. The molecule has 0 bridgehead atoms. The number of hydrogen-bond acceptors (Lipinski definition) is 3. The molecule has 4 heteroatoms. The van der Waals surface area contributed by atoms with Gasteiger partial charge in [-0.3, -0.25) is 0 Å². The van der Waals surface area contributed by atoms with Crippen LogP contribution in [0.25, 0.3) is 33.0 Å². The van der Waals surface area contributed by atoms with Crippen molar-refractivity contribution in [3.63, 3.8) is 0 Å². The molecule has 0 fully saturated rings. The molecular formula is C23H17NO2S. The SMILES string of the molecule is Cc1ccccc1-c1ccc(-c2nc(-c3ccccc3)cs2)cc1C(=O)O. The van der Waals surface area contributed by atoms with Gasteiger partial charge in [0, 0.05) is 16.5 Å². The minimum absolute atomic E-state index is 0.290. The highest BCUT2D eigenvalue weighted by atomic mass is 32.1. The lowest BCUT2D eigenvalue weighted by Crippen LogP contribution is -2.01. The number of carboxylic acids is 1. The Hall–Kier alpha value is -3.24. The first-order valence-electron chi connectivity index (χ1n) is 8.58. The number of rotatable bonds is 4. The fraction of sp³-hybridized carbons (Fsp3) is 0.0435. The summed E-state index contributed by atoms with van der Waals surface area (Å²) in [5.41, 5.74) is 5.77. The molecule has 0 amide bonds. The van der Waals surface area contributed by atoms with Crippen LogP contribution in [0.5, 0.6) is 0 Å². The Kier molecular flexibility index (Phi) is 4.57. The molecule has 0 saturated carbocycles. The third kappa shape index (κ3) is 3.39. The normalized spacial score (nSPS) is 10.7. The zero-order valence-corrected chi connectivity index (χ0v) is 15.5. The van der Waals surface area contributed by atoms with E-state index < -0.39 is 5.97 Å². The van der Waals surface area contributed by atoms with Crippen molar-refractivity contribution in [3.05, 3.63) is 89.3 Å². The fourth-order valence-electron chi connectivity index (χ4n) is 3.11. The monoisotopic (exact) mass is 371 g/mol. The van der Waals surface area contributed by atoms with Crippen LogP contribution in [0, 0.1) is 6.92 Å². The second kappa shape index (κ2) is 7.17. The summed E-state index contributed by atoms with van der Waals surface area (Å²) in [5, 5.41) is 12.6. The summed E-state index contributed by atoms with van der Waals surface area (Å²) in [6, 6.07) is 23.3. The molecule has 1 aromatic heterocycles. The summed E-state index contributed by atoms with van der Waals surface area (Å²) in [4.78, 5) is 16.6. The van der Waals surface area contributed by atoms with E-state index in [1.807, 2.05) is 79.0 Å². The highest BCUT2D eigenvalue weighted by molar-refractivity contribution is 7.13. The van der Waals surface area contributed by atoms with Crippen molar-refractivity contribution in [2.45, 2.75) is 6.92 Å². The van der Waals surface area contributed by atoms with Gasteiger partial charge in [0.05, 0.1) is 11.3 Å². The van der Waals surface area contributed by atoms with Gasteiger partial charge in [0.1, 0.15) is 5.01 Å². The van der Waals surface area contributed by atoms with Crippen molar-refractivity contribution in [2.24, 2.45) is 0 Å². The lowest BCUT2D eigenvalue weighted by Gasteiger charge is -2.10. The van der Waals surface area contributed by atoms with E-state index in [0.29, 0.717) is 5.56 Å². The van der Waals surface area contributed by atoms with Crippen molar-refractivity contribution in [2.75, 3.05) is 0 Å². The van der Waals surface area contributed by atoms with E-state index in [9.17, 15) is 9.90 Å². The number of carbonyl (C=O) groups is 1. The van der Waals surface area contributed by atoms with E-state index >= 15 is 0 Å². The maximum Gasteiger partial charge on any atom is 0.336 e. The summed E-state index contributed by atoms with van der Waals surface area (Å²) >= 11 is 1.52. The molecule has 1 heterocycles. The third-order valence-corrected chi connectivity index (χ3v) is 5.40. The lowest BCUT2D eigenvalue weighted by atomic mass is 9.94. The Bertz CT molecular complexity index is 1120. The summed E-state index contributed by atoms with van der Waals surface area (Å²) < 4.78 is 0. The minimum Gasteiger partial charge on any atom is -0.478 e. The Morgan fingerprint density at radius 3 is 2.37 bits per heavy atom. The second-order valence-electron chi connectivity index (χ2n) is 6.28. The van der Waals surface area contributed by atoms with Gasteiger partial charge in [0.15, 0.2) is 0 Å². The van der Waals surface area contributed by atoms with Crippen LogP contribution in [0.1, 0.15) is 15.9 Å². The standard InChI is InChI=1S/C23H17NO2S/c1-15-7-5-6-10-18(15)19-12-11-17(13-20(19)23(25)26)22-24-21(14-27-22)16-8-3-2-4-9-16/h2-14H,1H3,(H,25,26). The molecule has 1 N–H and O–H groups in total. The summed E-state index contributed by atoms with van der Waals surface area (Å²) in [5.74, 6) is -0.935. The van der Waals surface area contributed by atoms with E-state index in [4.69, 9.17) is 4.98 Å². The molecule has 3 aromatic carbocycles. The first-order chi connectivity index (χ1) is 13.1. The van der Waals surface area contributed by atoms with E-state index in [2.05, 4.69) is 0 Å². The first kappa shape index (κ1) is 17.2. The van der Waals surface area contributed by atoms with Crippen LogP contribution >= 0.6 is 11.3 Å². The van der Waals surface area contributed by atoms with Crippen LogP contribution in [-0.2, 0) is 0 Å². The molecule has 0 unspecified atom stereocenters. The van der Waals surface area contributed by atoms with Gasteiger partial charge in [0.2, 0.25) is 0 Å². The van der Waals surface area contributed by atoms with Gasteiger partial charge in [0.25, 0.3) is 0 Å². The molecule has 3 nitrogen and oxygen atoms in total. The average Bonchev–Trinajstić information content (AvgIpc) is 3.19. The molecule has 0 aliphatic heterocycles. The zero-order valence-electron chi connectivity index (χ0n) is 14.7. The molecule has 0 saturated heterocycles. The Labute approximate surface area is 161 Å².